The Labute approximate surface area is 128 Å². The van der Waals surface area contributed by atoms with Crippen LogP contribution in [0.25, 0.3) is 0 Å². The molecule has 22 heavy (non-hydrogen) atoms. The molecule has 114 valence electrons. The van der Waals surface area contributed by atoms with E-state index in [0.717, 1.165) is 5.56 Å². The van der Waals surface area contributed by atoms with Crippen LogP contribution in [-0.2, 0) is 13.0 Å². The first-order valence-corrected chi connectivity index (χ1v) is 6.89. The fourth-order valence-electron chi connectivity index (χ4n) is 2.17. The maximum Gasteiger partial charge on any atom is 0.141 e. The molecule has 4 nitrogen and oxygen atoms in total. The number of halogens is 1. The molecule has 0 aliphatic heterocycles. The summed E-state index contributed by atoms with van der Waals surface area (Å²) in [5.41, 5.74) is 1.48. The third kappa shape index (κ3) is 3.74. The highest BCUT2D eigenvalue weighted by atomic mass is 19.1. The van der Waals surface area contributed by atoms with E-state index in [1.54, 1.807) is 18.2 Å². The Kier molecular flexibility index (Phi) is 5.34. The highest BCUT2D eigenvalue weighted by Gasteiger charge is 2.10. The lowest BCUT2D eigenvalue weighted by atomic mass is 10.1. The molecule has 2 rings (SSSR count). The van der Waals surface area contributed by atoms with Crippen molar-refractivity contribution in [3.63, 3.8) is 0 Å². The molecule has 0 saturated heterocycles. The fourth-order valence-corrected chi connectivity index (χ4v) is 2.17. The largest absolute Gasteiger partial charge is 0.508 e. The first-order valence-electron chi connectivity index (χ1n) is 6.89. The van der Waals surface area contributed by atoms with Crippen LogP contribution in [-0.4, -0.2) is 18.8 Å². The Balaban J connectivity index is 1.96. The van der Waals surface area contributed by atoms with Gasteiger partial charge in [0.1, 0.15) is 23.4 Å². The summed E-state index contributed by atoms with van der Waals surface area (Å²) in [6.45, 7) is 1.11. The molecule has 2 aromatic carbocycles. The van der Waals surface area contributed by atoms with Crippen LogP contribution < -0.4 is 10.1 Å². The minimum absolute atomic E-state index is 0.0252. The zero-order chi connectivity index (χ0) is 15.9. The third-order valence-corrected chi connectivity index (χ3v) is 3.37. The van der Waals surface area contributed by atoms with Gasteiger partial charge in [-0.1, -0.05) is 18.2 Å². The van der Waals surface area contributed by atoms with E-state index < -0.39 is 5.82 Å². The van der Waals surface area contributed by atoms with Crippen LogP contribution in [0.3, 0.4) is 0 Å². The minimum Gasteiger partial charge on any atom is -0.508 e. The fraction of sp³-hybridized carbons (Fsp3) is 0.235. The highest BCUT2D eigenvalue weighted by Crippen LogP contribution is 2.23. The third-order valence-electron chi connectivity index (χ3n) is 3.37. The normalized spacial score (nSPS) is 10.2. The molecule has 5 heteroatoms. The van der Waals surface area contributed by atoms with E-state index in [1.807, 2.05) is 12.1 Å². The Bertz CT molecular complexity index is 696. The molecule has 0 saturated carbocycles. The number of nitrogens with zero attached hydrogens (tertiary/aromatic N) is 1. The number of aromatic hydroxyl groups is 1. The molecule has 0 unspecified atom stereocenters. The van der Waals surface area contributed by atoms with Crippen molar-refractivity contribution in [1.82, 2.24) is 5.32 Å². The summed E-state index contributed by atoms with van der Waals surface area (Å²) < 4.78 is 18.9. The number of benzene rings is 2. The minimum atomic E-state index is -0.543. The van der Waals surface area contributed by atoms with Crippen LogP contribution in [0.1, 0.15) is 16.7 Å². The van der Waals surface area contributed by atoms with Crippen molar-refractivity contribution in [1.29, 1.82) is 5.26 Å². The summed E-state index contributed by atoms with van der Waals surface area (Å²) in [7, 11) is 1.49. The number of nitriles is 1. The maximum absolute atomic E-state index is 13.7. The van der Waals surface area contributed by atoms with Crippen LogP contribution in [0.4, 0.5) is 4.39 Å². The van der Waals surface area contributed by atoms with E-state index in [2.05, 4.69) is 5.32 Å². The Hall–Kier alpha value is -2.58. The molecule has 0 aliphatic carbocycles. The van der Waals surface area contributed by atoms with Gasteiger partial charge in [-0.15, -0.1) is 0 Å². The summed E-state index contributed by atoms with van der Waals surface area (Å²) in [5, 5.41) is 21.7. The van der Waals surface area contributed by atoms with Gasteiger partial charge in [0.05, 0.1) is 12.7 Å². The predicted octanol–water partition coefficient (Wildman–Crippen LogP) is 2.74. The van der Waals surface area contributed by atoms with Gasteiger partial charge in [-0.05, 0) is 30.7 Å². The number of rotatable bonds is 6. The number of hydrogen-bond acceptors (Lipinski definition) is 4. The topological polar surface area (TPSA) is 65.3 Å². The van der Waals surface area contributed by atoms with E-state index in [9.17, 15) is 9.50 Å². The van der Waals surface area contributed by atoms with Gasteiger partial charge in [-0.3, -0.25) is 0 Å². The van der Waals surface area contributed by atoms with Crippen molar-refractivity contribution in [3.8, 4) is 17.6 Å². The van der Waals surface area contributed by atoms with Crippen molar-refractivity contribution in [2.24, 2.45) is 0 Å². The number of methoxy groups -OCH3 is 1. The van der Waals surface area contributed by atoms with Gasteiger partial charge in [-0.25, -0.2) is 4.39 Å². The number of phenolic OH excluding ortho intramolecular Hbond substituents is 1. The molecule has 2 aromatic rings. The molecule has 0 aromatic heterocycles. The van der Waals surface area contributed by atoms with E-state index in [-0.39, 0.29) is 11.3 Å². The zero-order valence-electron chi connectivity index (χ0n) is 12.3. The number of ether oxygens (including phenoxy) is 1. The van der Waals surface area contributed by atoms with Crippen LogP contribution in [0.2, 0.25) is 0 Å². The molecule has 0 amide bonds. The lowest BCUT2D eigenvalue weighted by Gasteiger charge is -2.11. The molecular weight excluding hydrogens is 283 g/mol. The monoisotopic (exact) mass is 300 g/mol. The van der Waals surface area contributed by atoms with Gasteiger partial charge in [0.2, 0.25) is 0 Å². The van der Waals surface area contributed by atoms with Gasteiger partial charge in [0.25, 0.3) is 0 Å². The van der Waals surface area contributed by atoms with Gasteiger partial charge >= 0.3 is 0 Å². The quantitative estimate of drug-likeness (QED) is 0.805. The molecule has 0 bridgehead atoms. The Morgan fingerprint density at radius 3 is 2.73 bits per heavy atom. The first-order chi connectivity index (χ1) is 10.7. The first kappa shape index (κ1) is 15.8. The SMILES string of the molecule is COc1cc(C#N)c(F)cc1CCNCc1ccccc1O. The second-order valence-corrected chi connectivity index (χ2v) is 4.81. The second-order valence-electron chi connectivity index (χ2n) is 4.81. The molecule has 0 fully saturated rings. The average molecular weight is 300 g/mol. The van der Waals surface area contributed by atoms with Crippen molar-refractivity contribution in [3.05, 3.63) is 58.9 Å². The van der Waals surface area contributed by atoms with Crippen molar-refractivity contribution >= 4 is 0 Å². The summed E-state index contributed by atoms with van der Waals surface area (Å²) in [4.78, 5) is 0. The van der Waals surface area contributed by atoms with Crippen molar-refractivity contribution in [2.75, 3.05) is 13.7 Å². The van der Waals surface area contributed by atoms with Gasteiger partial charge < -0.3 is 15.2 Å². The van der Waals surface area contributed by atoms with Crippen LogP contribution in [0.5, 0.6) is 11.5 Å². The molecular formula is C17H17FN2O2. The van der Waals surface area contributed by atoms with E-state index in [0.29, 0.717) is 30.8 Å². The Morgan fingerprint density at radius 2 is 2.05 bits per heavy atom. The average Bonchev–Trinajstić information content (AvgIpc) is 2.53. The number of nitrogens with one attached hydrogen (secondary N) is 1. The number of hydrogen-bond donors (Lipinski definition) is 2. The van der Waals surface area contributed by atoms with E-state index >= 15 is 0 Å². The van der Waals surface area contributed by atoms with Crippen molar-refractivity contribution < 1.29 is 14.2 Å². The van der Waals surface area contributed by atoms with Gasteiger partial charge in [-0.2, -0.15) is 5.26 Å². The molecule has 0 heterocycles. The smallest absolute Gasteiger partial charge is 0.141 e. The summed E-state index contributed by atoms with van der Waals surface area (Å²) in [6.07, 6.45) is 0.555. The summed E-state index contributed by atoms with van der Waals surface area (Å²) >= 11 is 0. The standard InChI is InChI=1S/C17H17FN2O2/c1-22-17-9-14(10-19)15(18)8-12(17)6-7-20-11-13-4-2-3-5-16(13)21/h2-5,8-9,20-21H,6-7,11H2,1H3. The predicted molar refractivity (Wildman–Crippen MR) is 81.2 cm³/mol. The lowest BCUT2D eigenvalue weighted by Crippen LogP contribution is -2.17. The Morgan fingerprint density at radius 1 is 1.27 bits per heavy atom. The molecule has 2 N–H and O–H groups in total. The lowest BCUT2D eigenvalue weighted by molar-refractivity contribution is 0.407. The molecule has 0 aliphatic rings. The van der Waals surface area contributed by atoms with E-state index in [4.69, 9.17) is 10.00 Å². The van der Waals surface area contributed by atoms with Crippen molar-refractivity contribution in [2.45, 2.75) is 13.0 Å². The number of para-hydroxylation sites is 1. The van der Waals surface area contributed by atoms with Gasteiger partial charge in [0, 0.05) is 18.2 Å². The molecule has 0 spiro atoms. The number of phenols is 1. The summed E-state index contributed by atoms with van der Waals surface area (Å²) in [5.74, 6) is 0.207. The molecule has 0 radical (unpaired) electrons. The highest BCUT2D eigenvalue weighted by molar-refractivity contribution is 5.43. The maximum atomic E-state index is 13.7. The van der Waals surface area contributed by atoms with Crippen LogP contribution in [0.15, 0.2) is 36.4 Å². The van der Waals surface area contributed by atoms with Gasteiger partial charge in [0.15, 0.2) is 0 Å². The van der Waals surface area contributed by atoms with E-state index in [1.165, 1.54) is 19.2 Å². The molecule has 0 atom stereocenters. The summed E-state index contributed by atoms with van der Waals surface area (Å²) in [6, 6.07) is 11.6. The van der Waals surface area contributed by atoms with Crippen LogP contribution >= 0.6 is 0 Å². The van der Waals surface area contributed by atoms with Crippen LogP contribution in [0, 0.1) is 17.1 Å². The second kappa shape index (κ2) is 7.43. The zero-order valence-corrected chi connectivity index (χ0v) is 12.3.